The third-order valence-corrected chi connectivity index (χ3v) is 0.968. The molecule has 0 aliphatic rings. The smallest absolute Gasteiger partial charge is 0.295 e. The number of hydrogen-bond acceptors (Lipinski definition) is 3. The topological polar surface area (TPSA) is 35.5 Å². The van der Waals surface area contributed by atoms with Crippen molar-refractivity contribution in [1.29, 1.82) is 0 Å². The first-order valence-electron chi connectivity index (χ1n) is 2.56. The first-order valence-corrected chi connectivity index (χ1v) is 3.69. The van der Waals surface area contributed by atoms with Crippen LogP contribution in [0.25, 0.3) is 0 Å². The Hall–Kier alpha value is 0.300. The van der Waals surface area contributed by atoms with E-state index in [2.05, 4.69) is 16.4 Å². The fraction of sp³-hybridized carbons (Fsp3) is 0.600. The first-order chi connectivity index (χ1) is 4.95. The fourth-order valence-corrected chi connectivity index (χ4v) is 0.478. The van der Waals surface area contributed by atoms with Crippen molar-refractivity contribution in [1.82, 2.24) is 0 Å². The lowest BCUT2D eigenvalue weighted by molar-refractivity contribution is -0.153. The Kier molecular flexibility index (Phi) is 5.17. The highest BCUT2D eigenvalue weighted by Gasteiger charge is 2.21. The summed E-state index contributed by atoms with van der Waals surface area (Å²) in [6.45, 7) is 3.30. The highest BCUT2D eigenvalue weighted by atomic mass is 35.6. The molecule has 0 aliphatic carbocycles. The summed E-state index contributed by atoms with van der Waals surface area (Å²) < 4.78 is 7.42. The average molecular weight is 220 g/mol. The van der Waals surface area contributed by atoms with E-state index in [9.17, 15) is 4.79 Å². The van der Waals surface area contributed by atoms with Gasteiger partial charge in [-0.2, -0.15) is 0 Å². The van der Waals surface area contributed by atoms with E-state index in [1.165, 1.54) is 0 Å². The average Bonchev–Trinajstić information content (AvgIpc) is 1.83. The monoisotopic (exact) mass is 219 g/mol. The Morgan fingerprint density at radius 3 is 2.45 bits per heavy atom. The maximum atomic E-state index is 9.70. The quantitative estimate of drug-likeness (QED) is 0.411. The maximum absolute atomic E-state index is 9.70. The zero-order valence-corrected chi connectivity index (χ0v) is 7.70. The van der Waals surface area contributed by atoms with Gasteiger partial charge in [0.2, 0.25) is 10.1 Å². The molecular formula is C5H6Cl3O3. The van der Waals surface area contributed by atoms with E-state index in [0.29, 0.717) is 0 Å². The minimum Gasteiger partial charge on any atom is -0.438 e. The van der Waals surface area contributed by atoms with Crippen molar-refractivity contribution in [2.75, 3.05) is 6.61 Å². The van der Waals surface area contributed by atoms with Crippen LogP contribution in [0.15, 0.2) is 0 Å². The summed E-state index contributed by atoms with van der Waals surface area (Å²) in [4.78, 5) is 9.70. The van der Waals surface area contributed by atoms with Crippen LogP contribution in [0.2, 0.25) is 0 Å². The van der Waals surface area contributed by atoms with E-state index in [-0.39, 0.29) is 13.1 Å². The van der Waals surface area contributed by atoms with E-state index in [0.717, 1.165) is 0 Å². The van der Waals surface area contributed by atoms with Gasteiger partial charge < -0.3 is 9.47 Å². The molecule has 0 aromatic carbocycles. The molecule has 0 rings (SSSR count). The molecule has 1 atom stereocenters. The van der Waals surface area contributed by atoms with Crippen LogP contribution in [0.3, 0.4) is 0 Å². The van der Waals surface area contributed by atoms with Gasteiger partial charge in [0.15, 0.2) is 0 Å². The number of carbonyl (C=O) groups is 1. The third-order valence-electron chi connectivity index (χ3n) is 0.640. The van der Waals surface area contributed by atoms with Crippen LogP contribution >= 0.6 is 34.8 Å². The van der Waals surface area contributed by atoms with Crippen molar-refractivity contribution in [2.24, 2.45) is 0 Å². The summed E-state index contributed by atoms with van der Waals surface area (Å²) in [5, 5.41) is 0. The lowest BCUT2D eigenvalue weighted by atomic mass is 10.7. The number of hydrogen-bond donors (Lipinski definition) is 0. The second-order valence-corrected chi connectivity index (χ2v) is 4.10. The molecule has 0 bridgehead atoms. The van der Waals surface area contributed by atoms with Gasteiger partial charge in [0, 0.05) is 6.92 Å². The molecule has 0 heterocycles. The van der Waals surface area contributed by atoms with Crippen molar-refractivity contribution in [2.45, 2.75) is 10.1 Å². The third kappa shape index (κ3) is 8.20. The standard InChI is InChI=1S/C5H6Cl3O3/c1-4(11-3-9)10-2-5(6,7)8/h3-4H,1-2H2. The molecule has 0 aliphatic heterocycles. The van der Waals surface area contributed by atoms with Crippen LogP contribution in [0.5, 0.6) is 0 Å². The molecule has 0 aromatic rings. The molecule has 0 aromatic heterocycles. The van der Waals surface area contributed by atoms with E-state index >= 15 is 0 Å². The molecule has 1 unspecified atom stereocenters. The Bertz CT molecular complexity index is 123. The van der Waals surface area contributed by atoms with Crippen LogP contribution in [-0.4, -0.2) is 23.2 Å². The van der Waals surface area contributed by atoms with Crippen molar-refractivity contribution < 1.29 is 14.3 Å². The molecule has 0 spiro atoms. The molecule has 0 saturated heterocycles. The van der Waals surface area contributed by atoms with Gasteiger partial charge in [0.05, 0.1) is 6.61 Å². The summed E-state index contributed by atoms with van der Waals surface area (Å²) >= 11 is 15.9. The molecule has 6 heteroatoms. The maximum Gasteiger partial charge on any atom is 0.295 e. The predicted octanol–water partition coefficient (Wildman–Crippen LogP) is 1.71. The van der Waals surface area contributed by atoms with Gasteiger partial charge in [-0.25, -0.2) is 0 Å². The Balaban J connectivity index is 3.45. The molecule has 11 heavy (non-hydrogen) atoms. The van der Waals surface area contributed by atoms with Gasteiger partial charge >= 0.3 is 0 Å². The van der Waals surface area contributed by atoms with E-state index < -0.39 is 10.1 Å². The van der Waals surface area contributed by atoms with E-state index in [1.54, 1.807) is 0 Å². The number of carbonyl (C=O) groups excluding carboxylic acids is 1. The minimum absolute atomic E-state index is 0.181. The van der Waals surface area contributed by atoms with Crippen molar-refractivity contribution in [3.63, 3.8) is 0 Å². The number of alkyl halides is 3. The largest absolute Gasteiger partial charge is 0.438 e. The molecule has 0 fully saturated rings. The minimum atomic E-state index is -1.51. The molecule has 3 nitrogen and oxygen atoms in total. The predicted molar refractivity (Wildman–Crippen MR) is 42.5 cm³/mol. The lowest BCUT2D eigenvalue weighted by Gasteiger charge is -2.14. The molecule has 65 valence electrons. The summed E-state index contributed by atoms with van der Waals surface area (Å²) in [7, 11) is 0. The number of ether oxygens (including phenoxy) is 2. The Morgan fingerprint density at radius 1 is 1.55 bits per heavy atom. The van der Waals surface area contributed by atoms with Gasteiger partial charge in [0.1, 0.15) is 0 Å². The van der Waals surface area contributed by atoms with Crippen LogP contribution < -0.4 is 0 Å². The summed E-state index contributed by atoms with van der Waals surface area (Å²) in [6, 6.07) is 0. The first kappa shape index (κ1) is 11.3. The van der Waals surface area contributed by atoms with Gasteiger partial charge in [-0.1, -0.05) is 34.8 Å². The summed E-state index contributed by atoms with van der Waals surface area (Å²) in [5.41, 5.74) is 0. The fourth-order valence-electron chi connectivity index (χ4n) is 0.289. The Morgan fingerprint density at radius 2 is 2.09 bits per heavy atom. The van der Waals surface area contributed by atoms with E-state index in [4.69, 9.17) is 34.8 Å². The van der Waals surface area contributed by atoms with Crippen molar-refractivity contribution in [3.8, 4) is 0 Å². The molecule has 0 amide bonds. The summed E-state index contributed by atoms with van der Waals surface area (Å²) in [5.74, 6) is 0. The van der Waals surface area contributed by atoms with Crippen molar-refractivity contribution >= 4 is 41.3 Å². The number of rotatable bonds is 4. The van der Waals surface area contributed by atoms with Crippen molar-refractivity contribution in [3.05, 3.63) is 6.92 Å². The zero-order chi connectivity index (χ0) is 8.91. The lowest BCUT2D eigenvalue weighted by Crippen LogP contribution is -2.20. The summed E-state index contributed by atoms with van der Waals surface area (Å²) in [6.07, 6.45) is -0.942. The van der Waals surface area contributed by atoms with Gasteiger partial charge in [0.25, 0.3) is 6.47 Å². The number of halogens is 3. The molecule has 0 N–H and O–H groups in total. The van der Waals surface area contributed by atoms with Gasteiger partial charge in [-0.05, 0) is 0 Å². The SMILES string of the molecule is [CH2]C(OC=O)OCC(Cl)(Cl)Cl. The van der Waals surface area contributed by atoms with Crippen LogP contribution in [-0.2, 0) is 14.3 Å². The molecule has 1 radical (unpaired) electrons. The Labute approximate surface area is 79.5 Å². The second kappa shape index (κ2) is 5.04. The molecular weight excluding hydrogens is 214 g/mol. The van der Waals surface area contributed by atoms with Gasteiger partial charge in [-0.15, -0.1) is 0 Å². The highest BCUT2D eigenvalue weighted by Crippen LogP contribution is 2.26. The highest BCUT2D eigenvalue weighted by molar-refractivity contribution is 6.67. The zero-order valence-electron chi connectivity index (χ0n) is 5.43. The van der Waals surface area contributed by atoms with Crippen LogP contribution in [0.1, 0.15) is 0 Å². The van der Waals surface area contributed by atoms with Crippen LogP contribution in [0.4, 0.5) is 0 Å². The van der Waals surface area contributed by atoms with E-state index in [1.807, 2.05) is 0 Å². The normalized spacial score (nSPS) is 14.2. The second-order valence-electron chi connectivity index (χ2n) is 1.59. The van der Waals surface area contributed by atoms with Gasteiger partial charge in [-0.3, -0.25) is 4.79 Å². The molecule has 0 saturated carbocycles. The van der Waals surface area contributed by atoms with Crippen LogP contribution in [0, 0.1) is 6.92 Å².